The highest BCUT2D eigenvalue weighted by Gasteiger charge is 2.36. The maximum absolute atomic E-state index is 12.4. The van der Waals surface area contributed by atoms with E-state index in [1.165, 1.54) is 12.8 Å². The highest BCUT2D eigenvalue weighted by atomic mass is 16.5. The SMILES string of the molecule is Cc1cc(NC(=O)N[C@@H]2CCO[C@@H](C3CC3)C2)c2ncccc2c1. The number of carbonyl (C=O) groups is 1. The molecule has 2 N–H and O–H groups in total. The second kappa shape index (κ2) is 6.40. The number of hydrogen-bond acceptors (Lipinski definition) is 3. The lowest BCUT2D eigenvalue weighted by molar-refractivity contribution is -0.00889. The van der Waals surface area contributed by atoms with Crippen molar-refractivity contribution < 1.29 is 9.53 Å². The number of anilines is 1. The van der Waals surface area contributed by atoms with Crippen molar-refractivity contribution in [2.45, 2.75) is 44.8 Å². The highest BCUT2D eigenvalue weighted by Crippen LogP contribution is 2.38. The van der Waals surface area contributed by atoms with Crippen LogP contribution < -0.4 is 10.6 Å². The Labute approximate surface area is 141 Å². The summed E-state index contributed by atoms with van der Waals surface area (Å²) in [6.07, 6.45) is 6.41. The predicted molar refractivity (Wildman–Crippen MR) is 94.1 cm³/mol. The van der Waals surface area contributed by atoms with Crippen LogP contribution in [0.5, 0.6) is 0 Å². The van der Waals surface area contributed by atoms with Gasteiger partial charge in [-0.3, -0.25) is 4.98 Å². The molecule has 5 nitrogen and oxygen atoms in total. The number of amides is 2. The molecular formula is C19H23N3O2. The summed E-state index contributed by atoms with van der Waals surface area (Å²) in [7, 11) is 0. The Bertz CT molecular complexity index is 757. The molecule has 2 fully saturated rings. The summed E-state index contributed by atoms with van der Waals surface area (Å²) >= 11 is 0. The molecule has 2 heterocycles. The summed E-state index contributed by atoms with van der Waals surface area (Å²) < 4.78 is 5.82. The topological polar surface area (TPSA) is 63.2 Å². The Morgan fingerprint density at radius 2 is 2.17 bits per heavy atom. The minimum Gasteiger partial charge on any atom is -0.378 e. The lowest BCUT2D eigenvalue weighted by Gasteiger charge is -2.30. The molecule has 0 unspecified atom stereocenters. The van der Waals surface area contributed by atoms with Crippen molar-refractivity contribution in [2.24, 2.45) is 5.92 Å². The molecule has 1 aromatic carbocycles. The van der Waals surface area contributed by atoms with Crippen LogP contribution >= 0.6 is 0 Å². The summed E-state index contributed by atoms with van der Waals surface area (Å²) in [5.41, 5.74) is 2.68. The molecule has 2 atom stereocenters. The summed E-state index contributed by atoms with van der Waals surface area (Å²) in [6, 6.07) is 7.99. The maximum atomic E-state index is 12.4. The Balaban J connectivity index is 1.44. The van der Waals surface area contributed by atoms with E-state index in [-0.39, 0.29) is 12.1 Å². The molecule has 1 aliphatic heterocycles. The van der Waals surface area contributed by atoms with Gasteiger partial charge in [0, 0.05) is 24.2 Å². The Morgan fingerprint density at radius 1 is 1.29 bits per heavy atom. The normalized spacial score (nSPS) is 23.9. The van der Waals surface area contributed by atoms with E-state index in [9.17, 15) is 4.79 Å². The molecular weight excluding hydrogens is 302 g/mol. The first kappa shape index (κ1) is 15.4. The fourth-order valence-corrected chi connectivity index (χ4v) is 3.54. The van der Waals surface area contributed by atoms with Crippen molar-refractivity contribution in [1.82, 2.24) is 10.3 Å². The van der Waals surface area contributed by atoms with Crippen molar-refractivity contribution >= 4 is 22.6 Å². The van der Waals surface area contributed by atoms with E-state index in [1.807, 2.05) is 25.1 Å². The standard InChI is InChI=1S/C19H23N3O2/c1-12-9-14-3-2-7-20-18(14)16(10-12)22-19(23)21-15-6-8-24-17(11-15)13-4-5-13/h2-3,7,9-10,13,15,17H,4-6,8,11H2,1H3,(H2,21,22,23)/t15-,17-/m1/s1. The molecule has 1 saturated heterocycles. The Kier molecular flexibility index (Phi) is 4.10. The number of aromatic nitrogens is 1. The smallest absolute Gasteiger partial charge is 0.319 e. The van der Waals surface area contributed by atoms with Gasteiger partial charge in [0.15, 0.2) is 0 Å². The van der Waals surface area contributed by atoms with Gasteiger partial charge in [-0.2, -0.15) is 0 Å². The molecule has 5 heteroatoms. The van der Waals surface area contributed by atoms with E-state index in [1.54, 1.807) is 6.20 Å². The number of nitrogens with zero attached hydrogens (tertiary/aromatic N) is 1. The summed E-state index contributed by atoms with van der Waals surface area (Å²) in [5.74, 6) is 0.711. The predicted octanol–water partition coefficient (Wildman–Crippen LogP) is 3.62. The van der Waals surface area contributed by atoms with Crippen LogP contribution in [0, 0.1) is 12.8 Å². The van der Waals surface area contributed by atoms with Gasteiger partial charge in [0.25, 0.3) is 0 Å². The molecule has 2 aromatic rings. The number of benzene rings is 1. The molecule has 0 radical (unpaired) electrons. The van der Waals surface area contributed by atoms with Crippen molar-refractivity contribution in [1.29, 1.82) is 0 Å². The zero-order chi connectivity index (χ0) is 16.5. The van der Waals surface area contributed by atoms with Gasteiger partial charge in [-0.1, -0.05) is 6.07 Å². The largest absolute Gasteiger partial charge is 0.378 e. The van der Waals surface area contributed by atoms with Gasteiger partial charge in [0.1, 0.15) is 0 Å². The average Bonchev–Trinajstić information content (AvgIpc) is 3.40. The van der Waals surface area contributed by atoms with Crippen LogP contribution in [-0.2, 0) is 4.74 Å². The van der Waals surface area contributed by atoms with Crippen molar-refractivity contribution in [3.8, 4) is 0 Å². The van der Waals surface area contributed by atoms with Crippen molar-refractivity contribution in [3.63, 3.8) is 0 Å². The first-order chi connectivity index (χ1) is 11.7. The first-order valence-electron chi connectivity index (χ1n) is 8.73. The van der Waals surface area contributed by atoms with Gasteiger partial charge in [-0.15, -0.1) is 0 Å². The van der Waals surface area contributed by atoms with E-state index < -0.39 is 0 Å². The van der Waals surface area contributed by atoms with Crippen LogP contribution in [0.25, 0.3) is 10.9 Å². The van der Waals surface area contributed by atoms with Crippen LogP contribution in [-0.4, -0.2) is 29.8 Å². The van der Waals surface area contributed by atoms with Crippen LogP contribution in [0.15, 0.2) is 30.5 Å². The Morgan fingerprint density at radius 3 is 3.00 bits per heavy atom. The lowest BCUT2D eigenvalue weighted by Crippen LogP contribution is -2.44. The second-order valence-corrected chi connectivity index (χ2v) is 6.95. The molecule has 1 aliphatic carbocycles. The number of carbonyl (C=O) groups excluding carboxylic acids is 1. The number of hydrogen-bond donors (Lipinski definition) is 2. The summed E-state index contributed by atoms with van der Waals surface area (Å²) in [6.45, 7) is 2.76. The van der Waals surface area contributed by atoms with Gasteiger partial charge in [-0.05, 0) is 62.3 Å². The number of aryl methyl sites for hydroxylation is 1. The van der Waals surface area contributed by atoms with E-state index in [0.717, 1.165) is 41.6 Å². The number of rotatable bonds is 3. The molecule has 126 valence electrons. The minimum atomic E-state index is -0.158. The number of nitrogens with one attached hydrogen (secondary N) is 2. The van der Waals surface area contributed by atoms with E-state index in [4.69, 9.17) is 4.74 Å². The van der Waals surface area contributed by atoms with Gasteiger partial charge < -0.3 is 15.4 Å². The molecule has 4 rings (SSSR count). The molecule has 0 spiro atoms. The second-order valence-electron chi connectivity index (χ2n) is 6.95. The van der Waals surface area contributed by atoms with E-state index in [0.29, 0.717) is 12.0 Å². The maximum Gasteiger partial charge on any atom is 0.319 e. The van der Waals surface area contributed by atoms with Crippen LogP contribution in [0.4, 0.5) is 10.5 Å². The fourth-order valence-electron chi connectivity index (χ4n) is 3.54. The van der Waals surface area contributed by atoms with Crippen LogP contribution in [0.1, 0.15) is 31.2 Å². The minimum absolute atomic E-state index is 0.158. The molecule has 1 saturated carbocycles. The van der Waals surface area contributed by atoms with Gasteiger partial charge >= 0.3 is 6.03 Å². The van der Waals surface area contributed by atoms with Gasteiger partial charge in [0.2, 0.25) is 0 Å². The number of ether oxygens (including phenoxy) is 1. The third kappa shape index (κ3) is 3.36. The fraction of sp³-hybridized carbons (Fsp3) is 0.474. The molecule has 0 bridgehead atoms. The van der Waals surface area contributed by atoms with E-state index >= 15 is 0 Å². The highest BCUT2D eigenvalue weighted by molar-refractivity contribution is 6.00. The summed E-state index contributed by atoms with van der Waals surface area (Å²) in [4.78, 5) is 16.8. The van der Waals surface area contributed by atoms with Crippen molar-refractivity contribution in [2.75, 3.05) is 11.9 Å². The zero-order valence-corrected chi connectivity index (χ0v) is 13.9. The monoisotopic (exact) mass is 325 g/mol. The molecule has 2 amide bonds. The molecule has 2 aliphatic rings. The average molecular weight is 325 g/mol. The summed E-state index contributed by atoms with van der Waals surface area (Å²) in [5, 5.41) is 7.12. The lowest BCUT2D eigenvalue weighted by atomic mass is 10.0. The zero-order valence-electron chi connectivity index (χ0n) is 13.9. The Hall–Kier alpha value is -2.14. The third-order valence-electron chi connectivity index (χ3n) is 4.90. The van der Waals surface area contributed by atoms with E-state index in [2.05, 4.69) is 21.7 Å². The first-order valence-corrected chi connectivity index (χ1v) is 8.73. The number of urea groups is 1. The third-order valence-corrected chi connectivity index (χ3v) is 4.90. The quantitative estimate of drug-likeness (QED) is 0.906. The van der Waals surface area contributed by atoms with Crippen LogP contribution in [0.3, 0.4) is 0 Å². The van der Waals surface area contributed by atoms with Gasteiger partial charge in [-0.25, -0.2) is 4.79 Å². The number of pyridine rings is 1. The molecule has 1 aromatic heterocycles. The van der Waals surface area contributed by atoms with Crippen molar-refractivity contribution in [3.05, 3.63) is 36.0 Å². The van der Waals surface area contributed by atoms with Gasteiger partial charge in [0.05, 0.1) is 17.3 Å². The molecule has 24 heavy (non-hydrogen) atoms. The van der Waals surface area contributed by atoms with Crippen LogP contribution in [0.2, 0.25) is 0 Å². The number of fused-ring (bicyclic) bond motifs is 1.